The smallest absolute Gasteiger partial charge is 0.204 e. The standard InChI is InChI=1S/C9H4ClNO/c10-7-2-1-6-3-8(5-11)12-9(6)4-7/h1-4H. The number of fused-ring (bicyclic) bond motifs is 1. The second kappa shape index (κ2) is 2.54. The Morgan fingerprint density at radius 3 is 2.92 bits per heavy atom. The maximum absolute atomic E-state index is 8.53. The van der Waals surface area contributed by atoms with Crippen molar-refractivity contribution in [2.45, 2.75) is 0 Å². The first-order valence-corrected chi connectivity index (χ1v) is 3.76. The highest BCUT2D eigenvalue weighted by Crippen LogP contribution is 2.22. The lowest BCUT2D eigenvalue weighted by Gasteiger charge is -1.87. The van der Waals surface area contributed by atoms with Gasteiger partial charge in [0.2, 0.25) is 5.76 Å². The SMILES string of the molecule is N#Cc1cc2ccc(Cl)cc2o1. The molecule has 0 aliphatic carbocycles. The van der Waals surface area contributed by atoms with Crippen LogP contribution in [-0.4, -0.2) is 0 Å². The fourth-order valence-corrected chi connectivity index (χ4v) is 1.22. The molecular formula is C9H4ClNO. The molecule has 0 amide bonds. The molecule has 0 radical (unpaired) electrons. The molecule has 0 spiro atoms. The van der Waals surface area contributed by atoms with Gasteiger partial charge in [0.05, 0.1) is 0 Å². The number of hydrogen-bond acceptors (Lipinski definition) is 2. The molecule has 12 heavy (non-hydrogen) atoms. The lowest BCUT2D eigenvalue weighted by molar-refractivity contribution is 0.599. The van der Waals surface area contributed by atoms with Gasteiger partial charge in [0.25, 0.3) is 0 Å². The molecule has 0 aliphatic heterocycles. The number of nitriles is 1. The van der Waals surface area contributed by atoms with Crippen molar-refractivity contribution in [1.82, 2.24) is 0 Å². The first kappa shape index (κ1) is 7.20. The summed E-state index contributed by atoms with van der Waals surface area (Å²) >= 11 is 5.73. The molecule has 0 aliphatic rings. The van der Waals surface area contributed by atoms with Crippen LogP contribution < -0.4 is 0 Å². The minimum Gasteiger partial charge on any atom is -0.446 e. The summed E-state index contributed by atoms with van der Waals surface area (Å²) in [5.74, 6) is 0.312. The molecule has 1 aromatic heterocycles. The summed E-state index contributed by atoms with van der Waals surface area (Å²) in [4.78, 5) is 0. The zero-order valence-electron chi connectivity index (χ0n) is 6.04. The van der Waals surface area contributed by atoms with Crippen molar-refractivity contribution in [3.05, 3.63) is 35.0 Å². The van der Waals surface area contributed by atoms with E-state index in [0.717, 1.165) is 5.39 Å². The Labute approximate surface area is 74.0 Å². The number of halogens is 1. The molecule has 2 rings (SSSR count). The molecular weight excluding hydrogens is 174 g/mol. The lowest BCUT2D eigenvalue weighted by Crippen LogP contribution is -1.62. The van der Waals surface area contributed by atoms with Gasteiger partial charge in [-0.25, -0.2) is 0 Å². The molecule has 3 heteroatoms. The number of furan rings is 1. The van der Waals surface area contributed by atoms with Crippen LogP contribution in [-0.2, 0) is 0 Å². The molecule has 0 saturated heterocycles. The highest BCUT2D eigenvalue weighted by molar-refractivity contribution is 6.31. The molecule has 2 nitrogen and oxygen atoms in total. The zero-order valence-corrected chi connectivity index (χ0v) is 6.80. The highest BCUT2D eigenvalue weighted by Gasteiger charge is 2.01. The third-order valence-corrected chi connectivity index (χ3v) is 1.83. The Morgan fingerprint density at radius 2 is 2.17 bits per heavy atom. The van der Waals surface area contributed by atoms with Crippen LogP contribution in [0.5, 0.6) is 0 Å². The third kappa shape index (κ3) is 1.05. The first-order valence-electron chi connectivity index (χ1n) is 3.39. The number of benzene rings is 1. The van der Waals surface area contributed by atoms with Gasteiger partial charge in [-0.15, -0.1) is 0 Å². The van der Waals surface area contributed by atoms with Crippen LogP contribution in [0, 0.1) is 11.3 Å². The van der Waals surface area contributed by atoms with Crippen molar-refractivity contribution in [2.75, 3.05) is 0 Å². The van der Waals surface area contributed by atoms with E-state index >= 15 is 0 Å². The van der Waals surface area contributed by atoms with Crippen molar-refractivity contribution in [3.63, 3.8) is 0 Å². The molecule has 0 unspecified atom stereocenters. The Kier molecular flexibility index (Phi) is 1.53. The second-order valence-electron chi connectivity index (χ2n) is 2.40. The summed E-state index contributed by atoms with van der Waals surface area (Å²) in [6.45, 7) is 0. The molecule has 0 fully saturated rings. The number of rotatable bonds is 0. The van der Waals surface area contributed by atoms with E-state index in [1.54, 1.807) is 18.2 Å². The molecule has 1 heterocycles. The zero-order chi connectivity index (χ0) is 8.55. The van der Waals surface area contributed by atoms with E-state index in [9.17, 15) is 0 Å². The lowest BCUT2D eigenvalue weighted by atomic mass is 10.2. The van der Waals surface area contributed by atoms with E-state index in [1.807, 2.05) is 12.1 Å². The fraction of sp³-hybridized carbons (Fsp3) is 0. The summed E-state index contributed by atoms with van der Waals surface area (Å²) < 4.78 is 5.15. The van der Waals surface area contributed by atoms with E-state index in [-0.39, 0.29) is 0 Å². The maximum Gasteiger partial charge on any atom is 0.204 e. The van der Waals surface area contributed by atoms with E-state index in [2.05, 4.69) is 0 Å². The predicted octanol–water partition coefficient (Wildman–Crippen LogP) is 2.96. The summed E-state index contributed by atoms with van der Waals surface area (Å²) in [6, 6.07) is 8.89. The summed E-state index contributed by atoms with van der Waals surface area (Å²) in [6.07, 6.45) is 0. The van der Waals surface area contributed by atoms with Gasteiger partial charge in [0.15, 0.2) is 0 Å². The Hall–Kier alpha value is -1.46. The van der Waals surface area contributed by atoms with Gasteiger partial charge in [-0.1, -0.05) is 11.6 Å². The molecule has 1 aromatic carbocycles. The van der Waals surface area contributed by atoms with Gasteiger partial charge >= 0.3 is 0 Å². The van der Waals surface area contributed by atoms with Crippen molar-refractivity contribution in [1.29, 1.82) is 5.26 Å². The van der Waals surface area contributed by atoms with Gasteiger partial charge < -0.3 is 4.42 Å². The van der Waals surface area contributed by atoms with Crippen molar-refractivity contribution >= 4 is 22.6 Å². The van der Waals surface area contributed by atoms with E-state index in [4.69, 9.17) is 21.3 Å². The van der Waals surface area contributed by atoms with Crippen LogP contribution in [0.25, 0.3) is 11.0 Å². The minimum atomic E-state index is 0.312. The van der Waals surface area contributed by atoms with Crippen LogP contribution in [0.15, 0.2) is 28.7 Å². The number of hydrogen-bond donors (Lipinski definition) is 0. The van der Waals surface area contributed by atoms with Gasteiger partial charge in [-0.2, -0.15) is 5.26 Å². The fourth-order valence-electron chi connectivity index (χ4n) is 1.06. The molecule has 0 N–H and O–H groups in total. The molecule has 0 bridgehead atoms. The Morgan fingerprint density at radius 1 is 1.33 bits per heavy atom. The van der Waals surface area contributed by atoms with E-state index in [1.165, 1.54) is 0 Å². The quantitative estimate of drug-likeness (QED) is 0.620. The molecule has 2 aromatic rings. The van der Waals surface area contributed by atoms with Crippen LogP contribution in [0.3, 0.4) is 0 Å². The van der Waals surface area contributed by atoms with Crippen molar-refractivity contribution in [2.24, 2.45) is 0 Å². The van der Waals surface area contributed by atoms with E-state index < -0.39 is 0 Å². The summed E-state index contributed by atoms with van der Waals surface area (Å²) in [5.41, 5.74) is 0.652. The maximum atomic E-state index is 8.53. The van der Waals surface area contributed by atoms with Crippen LogP contribution in [0.1, 0.15) is 5.76 Å². The Bertz CT molecular complexity index is 467. The van der Waals surface area contributed by atoms with Gasteiger partial charge in [0, 0.05) is 22.5 Å². The summed E-state index contributed by atoms with van der Waals surface area (Å²) in [7, 11) is 0. The topological polar surface area (TPSA) is 36.9 Å². The average molecular weight is 178 g/mol. The molecule has 0 saturated carbocycles. The summed E-state index contributed by atoms with van der Waals surface area (Å²) in [5, 5.41) is 10.0. The second-order valence-corrected chi connectivity index (χ2v) is 2.84. The van der Waals surface area contributed by atoms with Crippen LogP contribution in [0.4, 0.5) is 0 Å². The predicted molar refractivity (Wildman–Crippen MR) is 45.9 cm³/mol. The average Bonchev–Trinajstić information content (AvgIpc) is 2.46. The third-order valence-electron chi connectivity index (χ3n) is 1.59. The molecule has 58 valence electrons. The first-order chi connectivity index (χ1) is 5.79. The van der Waals surface area contributed by atoms with Crippen LogP contribution in [0.2, 0.25) is 5.02 Å². The van der Waals surface area contributed by atoms with Gasteiger partial charge in [-0.3, -0.25) is 0 Å². The van der Waals surface area contributed by atoms with E-state index in [0.29, 0.717) is 16.4 Å². The number of nitrogens with zero attached hydrogens (tertiary/aromatic N) is 1. The van der Waals surface area contributed by atoms with Crippen molar-refractivity contribution in [3.8, 4) is 6.07 Å². The monoisotopic (exact) mass is 177 g/mol. The van der Waals surface area contributed by atoms with Crippen LogP contribution >= 0.6 is 11.6 Å². The van der Waals surface area contributed by atoms with Crippen molar-refractivity contribution < 1.29 is 4.42 Å². The normalized spacial score (nSPS) is 10.0. The highest BCUT2D eigenvalue weighted by atomic mass is 35.5. The Balaban J connectivity index is 2.77. The minimum absolute atomic E-state index is 0.312. The van der Waals surface area contributed by atoms with Gasteiger partial charge in [0.1, 0.15) is 11.7 Å². The largest absolute Gasteiger partial charge is 0.446 e. The molecule has 0 atom stereocenters. The van der Waals surface area contributed by atoms with Gasteiger partial charge in [-0.05, 0) is 12.1 Å².